The van der Waals surface area contributed by atoms with Crippen molar-refractivity contribution in [1.82, 2.24) is 4.90 Å². The van der Waals surface area contributed by atoms with Crippen LogP contribution in [0.4, 0.5) is 0 Å². The molecule has 0 saturated carbocycles. The fourth-order valence-electron chi connectivity index (χ4n) is 2.32. The number of benzene rings is 1. The molecule has 0 heterocycles. The molecule has 0 fully saturated rings. The van der Waals surface area contributed by atoms with Crippen molar-refractivity contribution in [2.45, 2.75) is 45.2 Å². The van der Waals surface area contributed by atoms with E-state index in [1.165, 1.54) is 5.56 Å². The lowest BCUT2D eigenvalue weighted by Gasteiger charge is -2.31. The van der Waals surface area contributed by atoms with Gasteiger partial charge in [0.25, 0.3) is 0 Å². The number of esters is 1. The maximum atomic E-state index is 11.8. The highest BCUT2D eigenvalue weighted by Crippen LogP contribution is 2.15. The van der Waals surface area contributed by atoms with Gasteiger partial charge in [-0.3, -0.25) is 4.79 Å². The molecule has 2 atom stereocenters. The summed E-state index contributed by atoms with van der Waals surface area (Å²) in [5.41, 5.74) is 6.47. The number of ether oxygens (including phenoxy) is 1. The Bertz CT molecular complexity index is 432. The summed E-state index contributed by atoms with van der Waals surface area (Å²) in [5, 5.41) is 0. The number of likely N-dealkylation sites (N-methyl/N-ethyl adjacent to an activating group) is 1. The van der Waals surface area contributed by atoms with Crippen LogP contribution in [0.25, 0.3) is 0 Å². The van der Waals surface area contributed by atoms with Gasteiger partial charge in [0.05, 0.1) is 6.61 Å². The van der Waals surface area contributed by atoms with Gasteiger partial charge in [0.1, 0.15) is 5.54 Å². The van der Waals surface area contributed by atoms with Gasteiger partial charge in [-0.25, -0.2) is 0 Å². The van der Waals surface area contributed by atoms with E-state index >= 15 is 0 Å². The summed E-state index contributed by atoms with van der Waals surface area (Å²) in [6.07, 6.45) is 1.57. The van der Waals surface area contributed by atoms with Crippen molar-refractivity contribution >= 4 is 5.97 Å². The summed E-state index contributed by atoms with van der Waals surface area (Å²) in [4.78, 5) is 14.1. The van der Waals surface area contributed by atoms with Crippen LogP contribution in [0.15, 0.2) is 30.3 Å². The van der Waals surface area contributed by atoms with Crippen LogP contribution in [-0.4, -0.2) is 42.6 Å². The van der Waals surface area contributed by atoms with E-state index in [9.17, 15) is 4.79 Å². The summed E-state index contributed by atoms with van der Waals surface area (Å²) < 4.78 is 5.03. The first kappa shape index (κ1) is 17.7. The normalized spacial score (nSPS) is 15.5. The lowest BCUT2D eigenvalue weighted by molar-refractivity contribution is -0.149. The number of hydrogen-bond acceptors (Lipinski definition) is 4. The number of hydrogen-bond donors (Lipinski definition) is 1. The van der Waals surface area contributed by atoms with Crippen molar-refractivity contribution in [3.05, 3.63) is 35.9 Å². The van der Waals surface area contributed by atoms with Crippen molar-refractivity contribution in [1.29, 1.82) is 0 Å². The van der Waals surface area contributed by atoms with Gasteiger partial charge in [0.2, 0.25) is 0 Å². The van der Waals surface area contributed by atoms with Gasteiger partial charge in [0, 0.05) is 12.6 Å². The highest BCUT2D eigenvalue weighted by molar-refractivity contribution is 5.80. The third kappa shape index (κ3) is 5.86. The Morgan fingerprint density at radius 2 is 2.00 bits per heavy atom. The molecule has 0 aliphatic rings. The Kier molecular flexibility index (Phi) is 6.85. The van der Waals surface area contributed by atoms with Crippen molar-refractivity contribution in [3.8, 4) is 0 Å². The van der Waals surface area contributed by atoms with E-state index in [2.05, 4.69) is 43.1 Å². The zero-order valence-electron chi connectivity index (χ0n) is 13.6. The van der Waals surface area contributed by atoms with Gasteiger partial charge in [-0.05, 0) is 46.2 Å². The highest BCUT2D eigenvalue weighted by atomic mass is 16.5. The molecule has 0 radical (unpaired) electrons. The number of carbonyl (C=O) groups is 1. The molecular formula is C17H28N2O2. The number of rotatable bonds is 8. The zero-order valence-corrected chi connectivity index (χ0v) is 13.6. The van der Waals surface area contributed by atoms with Crippen LogP contribution in [0.3, 0.4) is 0 Å². The molecule has 0 aliphatic carbocycles. The zero-order chi connectivity index (χ0) is 15.9. The molecule has 21 heavy (non-hydrogen) atoms. The van der Waals surface area contributed by atoms with Crippen molar-refractivity contribution in [3.63, 3.8) is 0 Å². The molecule has 4 nitrogen and oxygen atoms in total. The fraction of sp³-hybridized carbons (Fsp3) is 0.588. The average Bonchev–Trinajstić information content (AvgIpc) is 2.45. The highest BCUT2D eigenvalue weighted by Gasteiger charge is 2.32. The molecule has 0 aromatic heterocycles. The molecule has 0 spiro atoms. The average molecular weight is 292 g/mol. The molecule has 0 aliphatic heterocycles. The standard InChI is InChI=1S/C17H28N2O2/c1-5-21-16(20)17(3,18)13-14(2)19(4)12-11-15-9-7-6-8-10-15/h6-10,14H,5,11-13,18H2,1-4H3. The Hall–Kier alpha value is -1.39. The minimum atomic E-state index is -0.934. The molecule has 0 bridgehead atoms. The second-order valence-corrected chi connectivity index (χ2v) is 5.91. The minimum Gasteiger partial charge on any atom is -0.465 e. The molecule has 2 unspecified atom stereocenters. The summed E-state index contributed by atoms with van der Waals surface area (Å²) >= 11 is 0. The van der Waals surface area contributed by atoms with Crippen LogP contribution in [0.2, 0.25) is 0 Å². The van der Waals surface area contributed by atoms with Crippen molar-refractivity contribution < 1.29 is 9.53 Å². The quantitative estimate of drug-likeness (QED) is 0.747. The van der Waals surface area contributed by atoms with Gasteiger partial charge in [0.15, 0.2) is 0 Å². The largest absolute Gasteiger partial charge is 0.465 e. The molecule has 1 aromatic rings. The fourth-order valence-corrected chi connectivity index (χ4v) is 2.32. The first-order chi connectivity index (χ1) is 9.86. The van der Waals surface area contributed by atoms with Crippen LogP contribution in [0.1, 0.15) is 32.8 Å². The third-order valence-electron chi connectivity index (χ3n) is 3.81. The van der Waals surface area contributed by atoms with Gasteiger partial charge < -0.3 is 15.4 Å². The SMILES string of the molecule is CCOC(=O)C(C)(N)CC(C)N(C)CCc1ccccc1. The first-order valence-corrected chi connectivity index (χ1v) is 7.57. The maximum absolute atomic E-state index is 11.8. The Morgan fingerprint density at radius 1 is 1.38 bits per heavy atom. The Morgan fingerprint density at radius 3 is 2.57 bits per heavy atom. The van der Waals surface area contributed by atoms with Crippen LogP contribution < -0.4 is 5.73 Å². The third-order valence-corrected chi connectivity index (χ3v) is 3.81. The lowest BCUT2D eigenvalue weighted by atomic mass is 9.94. The minimum absolute atomic E-state index is 0.216. The van der Waals surface area contributed by atoms with E-state index in [-0.39, 0.29) is 12.0 Å². The second kappa shape index (κ2) is 8.15. The van der Waals surface area contributed by atoms with E-state index in [1.54, 1.807) is 13.8 Å². The predicted molar refractivity (Wildman–Crippen MR) is 86.1 cm³/mol. The molecule has 2 N–H and O–H groups in total. The first-order valence-electron chi connectivity index (χ1n) is 7.57. The summed E-state index contributed by atoms with van der Waals surface area (Å²) in [5.74, 6) is -0.326. The molecule has 0 saturated heterocycles. The van der Waals surface area contributed by atoms with Gasteiger partial charge in [-0.1, -0.05) is 30.3 Å². The van der Waals surface area contributed by atoms with Crippen LogP contribution in [0.5, 0.6) is 0 Å². The molecule has 118 valence electrons. The number of nitrogens with zero attached hydrogens (tertiary/aromatic N) is 1. The van der Waals surface area contributed by atoms with E-state index < -0.39 is 5.54 Å². The summed E-state index contributed by atoms with van der Waals surface area (Å²) in [6.45, 7) is 6.93. The van der Waals surface area contributed by atoms with Gasteiger partial charge in [-0.2, -0.15) is 0 Å². The monoisotopic (exact) mass is 292 g/mol. The smallest absolute Gasteiger partial charge is 0.325 e. The van der Waals surface area contributed by atoms with Crippen LogP contribution >= 0.6 is 0 Å². The topological polar surface area (TPSA) is 55.6 Å². The molecule has 1 rings (SSSR count). The molecular weight excluding hydrogens is 264 g/mol. The number of carbonyl (C=O) groups excluding carboxylic acids is 1. The molecule has 4 heteroatoms. The molecule has 1 aromatic carbocycles. The van der Waals surface area contributed by atoms with E-state index in [0.29, 0.717) is 13.0 Å². The summed E-state index contributed by atoms with van der Waals surface area (Å²) in [7, 11) is 2.06. The maximum Gasteiger partial charge on any atom is 0.325 e. The van der Waals surface area contributed by atoms with Crippen molar-refractivity contribution in [2.24, 2.45) is 5.73 Å². The van der Waals surface area contributed by atoms with Crippen LogP contribution in [0, 0.1) is 0 Å². The second-order valence-electron chi connectivity index (χ2n) is 5.91. The van der Waals surface area contributed by atoms with Gasteiger partial charge in [-0.15, -0.1) is 0 Å². The van der Waals surface area contributed by atoms with E-state index in [1.807, 2.05) is 6.07 Å². The van der Waals surface area contributed by atoms with E-state index in [0.717, 1.165) is 13.0 Å². The number of nitrogens with two attached hydrogens (primary N) is 1. The predicted octanol–water partition coefficient (Wildman–Crippen LogP) is 2.22. The lowest BCUT2D eigenvalue weighted by Crippen LogP contribution is -2.50. The van der Waals surface area contributed by atoms with Gasteiger partial charge >= 0.3 is 5.97 Å². The van der Waals surface area contributed by atoms with Crippen molar-refractivity contribution in [2.75, 3.05) is 20.2 Å². The molecule has 0 amide bonds. The van der Waals surface area contributed by atoms with Crippen LogP contribution in [-0.2, 0) is 16.0 Å². The van der Waals surface area contributed by atoms with E-state index in [4.69, 9.17) is 10.5 Å². The summed E-state index contributed by atoms with van der Waals surface area (Å²) in [6, 6.07) is 10.6. The Balaban J connectivity index is 2.46. The Labute approximate surface area is 128 Å².